The Morgan fingerprint density at radius 3 is 2.74 bits per heavy atom. The number of fused-ring (bicyclic) bond motifs is 1. The maximum Gasteiger partial charge on any atom is 0.327 e. The van der Waals surface area contributed by atoms with Crippen molar-refractivity contribution in [1.82, 2.24) is 10.2 Å². The highest BCUT2D eigenvalue weighted by molar-refractivity contribution is 5.77. The number of hydrogen-bond donors (Lipinski definition) is 1. The molecule has 1 saturated carbocycles. The largest absolute Gasteiger partial charge is 0.468 e. The van der Waals surface area contributed by atoms with Gasteiger partial charge in [0.1, 0.15) is 6.04 Å². The number of methoxy groups -OCH3 is 1. The zero-order chi connectivity index (χ0) is 13.5. The van der Waals surface area contributed by atoms with Gasteiger partial charge in [-0.15, -0.1) is 0 Å². The summed E-state index contributed by atoms with van der Waals surface area (Å²) in [6, 6.07) is 9.58. The van der Waals surface area contributed by atoms with Crippen molar-refractivity contribution in [3.05, 3.63) is 35.9 Å². The molecule has 3 rings (SSSR count). The third kappa shape index (κ3) is 1.95. The van der Waals surface area contributed by atoms with Gasteiger partial charge in [-0.2, -0.15) is 0 Å². The molecule has 1 heterocycles. The maximum absolute atomic E-state index is 12.2. The minimum Gasteiger partial charge on any atom is -0.468 e. The molecular weight excluding hydrogens is 240 g/mol. The number of piperidine rings is 1. The summed E-state index contributed by atoms with van der Waals surface area (Å²) >= 11 is 0. The third-order valence-corrected chi connectivity index (χ3v) is 4.65. The van der Waals surface area contributed by atoms with Crippen LogP contribution in [0.4, 0.5) is 0 Å². The minimum atomic E-state index is -0.309. The first-order valence-corrected chi connectivity index (χ1v) is 6.75. The molecule has 1 aromatic carbocycles. The van der Waals surface area contributed by atoms with Crippen LogP contribution in [0, 0.1) is 5.92 Å². The van der Waals surface area contributed by atoms with Gasteiger partial charge in [-0.1, -0.05) is 30.3 Å². The number of nitrogens with one attached hydrogen (secondary N) is 1. The molecule has 0 radical (unpaired) electrons. The van der Waals surface area contributed by atoms with Crippen molar-refractivity contribution in [3.63, 3.8) is 0 Å². The Kier molecular flexibility index (Phi) is 3.07. The molecule has 1 aliphatic heterocycles. The van der Waals surface area contributed by atoms with Crippen LogP contribution in [0.1, 0.15) is 18.0 Å². The Morgan fingerprint density at radius 1 is 1.47 bits per heavy atom. The van der Waals surface area contributed by atoms with E-state index in [9.17, 15) is 4.79 Å². The van der Waals surface area contributed by atoms with Crippen LogP contribution in [-0.4, -0.2) is 43.7 Å². The number of rotatable bonds is 4. The molecule has 4 heteroatoms. The third-order valence-electron chi connectivity index (χ3n) is 4.65. The average molecular weight is 260 g/mol. The van der Waals surface area contributed by atoms with Crippen LogP contribution < -0.4 is 5.32 Å². The van der Waals surface area contributed by atoms with E-state index in [0.29, 0.717) is 5.92 Å². The molecule has 1 saturated heterocycles. The van der Waals surface area contributed by atoms with E-state index in [1.165, 1.54) is 13.5 Å². The van der Waals surface area contributed by atoms with Gasteiger partial charge in [0.15, 0.2) is 0 Å². The fourth-order valence-electron chi connectivity index (χ4n) is 3.39. The van der Waals surface area contributed by atoms with E-state index in [-0.39, 0.29) is 17.6 Å². The number of carbonyl (C=O) groups excluding carboxylic acids is 1. The highest BCUT2D eigenvalue weighted by atomic mass is 16.5. The number of hydrogen-bond acceptors (Lipinski definition) is 4. The number of ether oxygens (including phenoxy) is 1. The Hall–Kier alpha value is -1.39. The van der Waals surface area contributed by atoms with Crippen LogP contribution in [0.5, 0.6) is 0 Å². The van der Waals surface area contributed by atoms with Gasteiger partial charge in [0.25, 0.3) is 0 Å². The van der Waals surface area contributed by atoms with Crippen LogP contribution >= 0.6 is 0 Å². The van der Waals surface area contributed by atoms with Gasteiger partial charge in [-0.05, 0) is 31.5 Å². The number of carbonyl (C=O) groups is 1. The predicted octanol–water partition coefficient (Wildman–Crippen LogP) is 1.19. The molecule has 3 unspecified atom stereocenters. The smallest absolute Gasteiger partial charge is 0.327 e. The second-order valence-electron chi connectivity index (χ2n) is 5.58. The summed E-state index contributed by atoms with van der Waals surface area (Å²) in [5.74, 6) is 0.494. The monoisotopic (exact) mass is 260 g/mol. The standard InChI is InChI=1S/C15H20N2O2/c1-17(15-8-12(15)9-16-10-15)13(14(18)19-2)11-6-4-3-5-7-11/h3-7,12-13,16H,8-10H2,1-2H3. The predicted molar refractivity (Wildman–Crippen MR) is 72.7 cm³/mol. The number of likely N-dealkylation sites (N-methyl/N-ethyl adjacent to an activating group) is 1. The Bertz CT molecular complexity index is 476. The van der Waals surface area contributed by atoms with Gasteiger partial charge in [0.2, 0.25) is 0 Å². The first-order valence-electron chi connectivity index (χ1n) is 6.75. The second kappa shape index (κ2) is 4.62. The fraction of sp³-hybridized carbons (Fsp3) is 0.533. The summed E-state index contributed by atoms with van der Waals surface area (Å²) < 4.78 is 5.01. The van der Waals surface area contributed by atoms with Crippen LogP contribution in [0.2, 0.25) is 0 Å². The van der Waals surface area contributed by atoms with Crippen LogP contribution in [0.3, 0.4) is 0 Å². The topological polar surface area (TPSA) is 41.6 Å². The van der Waals surface area contributed by atoms with Crippen molar-refractivity contribution in [1.29, 1.82) is 0 Å². The highest BCUT2D eigenvalue weighted by Crippen LogP contribution is 2.52. The number of benzene rings is 1. The summed E-state index contributed by atoms with van der Waals surface area (Å²) in [5, 5.41) is 3.41. The van der Waals surface area contributed by atoms with E-state index < -0.39 is 0 Å². The van der Waals surface area contributed by atoms with Crippen molar-refractivity contribution >= 4 is 5.97 Å². The molecule has 1 aliphatic carbocycles. The minimum absolute atomic E-state index is 0.148. The number of nitrogens with zero attached hydrogens (tertiary/aromatic N) is 1. The van der Waals surface area contributed by atoms with E-state index in [1.807, 2.05) is 37.4 Å². The molecule has 2 aliphatic rings. The SMILES string of the molecule is COC(=O)C(c1ccccc1)N(C)C12CNCC1C2. The molecule has 0 aromatic heterocycles. The van der Waals surface area contributed by atoms with Crippen molar-refractivity contribution < 1.29 is 9.53 Å². The second-order valence-corrected chi connectivity index (χ2v) is 5.58. The van der Waals surface area contributed by atoms with Crippen molar-refractivity contribution in [3.8, 4) is 0 Å². The quantitative estimate of drug-likeness (QED) is 0.826. The van der Waals surface area contributed by atoms with E-state index in [1.54, 1.807) is 0 Å². The van der Waals surface area contributed by atoms with Gasteiger partial charge >= 0.3 is 5.97 Å². The first kappa shape index (κ1) is 12.6. The summed E-state index contributed by atoms with van der Waals surface area (Å²) in [5.41, 5.74) is 1.15. The average Bonchev–Trinajstić information content (AvgIpc) is 3.02. The van der Waals surface area contributed by atoms with Gasteiger partial charge in [-0.3, -0.25) is 4.90 Å². The number of esters is 1. The van der Waals surface area contributed by atoms with Gasteiger partial charge in [0, 0.05) is 12.1 Å². The first-order chi connectivity index (χ1) is 9.19. The molecule has 4 nitrogen and oxygen atoms in total. The van der Waals surface area contributed by atoms with Crippen LogP contribution in [0.25, 0.3) is 0 Å². The summed E-state index contributed by atoms with van der Waals surface area (Å²) in [4.78, 5) is 14.4. The van der Waals surface area contributed by atoms with Crippen LogP contribution in [0.15, 0.2) is 30.3 Å². The molecule has 102 valence electrons. The summed E-state index contributed by atoms with van der Waals surface area (Å²) in [7, 11) is 3.50. The lowest BCUT2D eigenvalue weighted by atomic mass is 10.0. The van der Waals surface area contributed by atoms with Crippen molar-refractivity contribution in [2.45, 2.75) is 18.0 Å². The summed E-state index contributed by atoms with van der Waals surface area (Å²) in [6.07, 6.45) is 1.18. The normalized spacial score (nSPS) is 29.9. The maximum atomic E-state index is 12.2. The Morgan fingerprint density at radius 2 is 2.21 bits per heavy atom. The van der Waals surface area contributed by atoms with Gasteiger partial charge in [-0.25, -0.2) is 4.79 Å². The Balaban J connectivity index is 1.90. The molecule has 1 N–H and O–H groups in total. The summed E-state index contributed by atoms with van der Waals surface area (Å²) in [6.45, 7) is 2.03. The molecular formula is C15H20N2O2. The van der Waals surface area contributed by atoms with E-state index >= 15 is 0 Å². The van der Waals surface area contributed by atoms with Crippen molar-refractivity contribution in [2.75, 3.05) is 27.2 Å². The zero-order valence-electron chi connectivity index (χ0n) is 11.4. The molecule has 0 bridgehead atoms. The molecule has 3 atom stereocenters. The molecule has 19 heavy (non-hydrogen) atoms. The van der Waals surface area contributed by atoms with E-state index in [0.717, 1.165) is 18.7 Å². The molecule has 2 fully saturated rings. The molecule has 1 aromatic rings. The van der Waals surface area contributed by atoms with Gasteiger partial charge in [0.05, 0.1) is 7.11 Å². The molecule has 0 spiro atoms. The fourth-order valence-corrected chi connectivity index (χ4v) is 3.39. The zero-order valence-corrected chi connectivity index (χ0v) is 11.4. The lowest BCUT2D eigenvalue weighted by molar-refractivity contribution is -0.148. The van der Waals surface area contributed by atoms with Gasteiger partial charge < -0.3 is 10.1 Å². The van der Waals surface area contributed by atoms with Crippen molar-refractivity contribution in [2.24, 2.45) is 5.92 Å². The Labute approximate surface area is 113 Å². The lowest BCUT2D eigenvalue weighted by Gasteiger charge is -2.33. The van der Waals surface area contributed by atoms with E-state index in [4.69, 9.17) is 4.74 Å². The van der Waals surface area contributed by atoms with Crippen LogP contribution in [-0.2, 0) is 9.53 Å². The van der Waals surface area contributed by atoms with E-state index in [2.05, 4.69) is 10.2 Å². The molecule has 0 amide bonds. The highest BCUT2D eigenvalue weighted by Gasteiger charge is 2.61. The lowest BCUT2D eigenvalue weighted by Crippen LogP contribution is -2.44.